The first-order valence-electron chi connectivity index (χ1n) is 4.26. The molecule has 1 rings (SSSR count). The highest BCUT2D eigenvalue weighted by Gasteiger charge is 2.15. The Bertz CT molecular complexity index is 152. The van der Waals surface area contributed by atoms with Gasteiger partial charge in [0.1, 0.15) is 0 Å². The van der Waals surface area contributed by atoms with Gasteiger partial charge in [-0.25, -0.2) is 0 Å². The molecule has 0 bridgehead atoms. The van der Waals surface area contributed by atoms with Crippen LogP contribution < -0.4 is 5.73 Å². The summed E-state index contributed by atoms with van der Waals surface area (Å²) in [5.74, 6) is 0.652. The highest BCUT2D eigenvalue weighted by Crippen LogP contribution is 2.03. The van der Waals surface area contributed by atoms with Crippen molar-refractivity contribution in [2.45, 2.75) is 0 Å². The van der Waals surface area contributed by atoms with E-state index in [1.165, 1.54) is 0 Å². The van der Waals surface area contributed by atoms with E-state index in [-0.39, 0.29) is 6.61 Å². The van der Waals surface area contributed by atoms with Crippen LogP contribution in [0.15, 0.2) is 12.4 Å². The number of rotatable bonds is 3. The molecule has 3 N–H and O–H groups in total. The second kappa shape index (κ2) is 4.33. The molecule has 0 radical (unpaired) electrons. The number of hydrogen-bond donors (Lipinski definition) is 2. The molecule has 1 saturated heterocycles. The van der Waals surface area contributed by atoms with Crippen molar-refractivity contribution in [3.05, 3.63) is 12.4 Å². The number of hydrogen-bond acceptors (Lipinski definition) is 4. The van der Waals surface area contributed by atoms with Crippen LogP contribution in [0, 0.1) is 0 Å². The van der Waals surface area contributed by atoms with E-state index in [0.717, 1.165) is 32.7 Å². The average molecular weight is 171 g/mol. The molecule has 1 aliphatic rings. The number of aliphatic hydroxyl groups excluding tert-OH is 1. The predicted molar refractivity (Wildman–Crippen MR) is 48.4 cm³/mol. The summed E-state index contributed by atoms with van der Waals surface area (Å²) in [5, 5.41) is 8.70. The van der Waals surface area contributed by atoms with Crippen molar-refractivity contribution in [3.63, 3.8) is 0 Å². The average Bonchev–Trinajstić information content (AvgIpc) is 2.06. The summed E-state index contributed by atoms with van der Waals surface area (Å²) in [6.45, 7) is 8.48. The van der Waals surface area contributed by atoms with Gasteiger partial charge in [-0.3, -0.25) is 4.90 Å². The Labute approximate surface area is 73.3 Å². The van der Waals surface area contributed by atoms with Crippen molar-refractivity contribution >= 4 is 0 Å². The Kier molecular flexibility index (Phi) is 3.37. The molecule has 0 atom stereocenters. The molecule has 12 heavy (non-hydrogen) atoms. The summed E-state index contributed by atoms with van der Waals surface area (Å²) >= 11 is 0. The Morgan fingerprint density at radius 1 is 1.33 bits per heavy atom. The SMILES string of the molecule is C=C(N)N1CCN(CCO)CC1. The number of aliphatic hydroxyl groups is 1. The monoisotopic (exact) mass is 171 g/mol. The zero-order chi connectivity index (χ0) is 8.97. The molecule has 0 unspecified atom stereocenters. The Balaban J connectivity index is 2.25. The zero-order valence-corrected chi connectivity index (χ0v) is 7.37. The van der Waals surface area contributed by atoms with Gasteiger partial charge in [-0.05, 0) is 0 Å². The van der Waals surface area contributed by atoms with Gasteiger partial charge in [0.15, 0.2) is 0 Å². The molecule has 70 valence electrons. The smallest absolute Gasteiger partial charge is 0.0913 e. The van der Waals surface area contributed by atoms with Gasteiger partial charge in [0.25, 0.3) is 0 Å². The van der Waals surface area contributed by atoms with Gasteiger partial charge in [-0.2, -0.15) is 0 Å². The Morgan fingerprint density at radius 2 is 1.92 bits per heavy atom. The van der Waals surface area contributed by atoms with Crippen molar-refractivity contribution in [1.82, 2.24) is 9.80 Å². The Hall–Kier alpha value is -0.740. The summed E-state index contributed by atoms with van der Waals surface area (Å²) in [4.78, 5) is 4.29. The highest BCUT2D eigenvalue weighted by molar-refractivity contribution is 4.89. The van der Waals surface area contributed by atoms with Crippen LogP contribution >= 0.6 is 0 Å². The van der Waals surface area contributed by atoms with Gasteiger partial charge >= 0.3 is 0 Å². The Morgan fingerprint density at radius 3 is 2.33 bits per heavy atom. The fourth-order valence-electron chi connectivity index (χ4n) is 1.40. The van der Waals surface area contributed by atoms with Gasteiger partial charge in [0, 0.05) is 32.7 Å². The molecule has 4 nitrogen and oxygen atoms in total. The minimum absolute atomic E-state index is 0.240. The maximum Gasteiger partial charge on any atom is 0.0913 e. The lowest BCUT2D eigenvalue weighted by molar-refractivity contribution is 0.131. The van der Waals surface area contributed by atoms with Gasteiger partial charge < -0.3 is 15.7 Å². The third-order valence-electron chi connectivity index (χ3n) is 2.19. The van der Waals surface area contributed by atoms with Crippen molar-refractivity contribution < 1.29 is 5.11 Å². The van der Waals surface area contributed by atoms with Gasteiger partial charge in [-0.15, -0.1) is 0 Å². The van der Waals surface area contributed by atoms with Crippen molar-refractivity contribution in [3.8, 4) is 0 Å². The quantitative estimate of drug-likeness (QED) is 0.573. The van der Waals surface area contributed by atoms with E-state index < -0.39 is 0 Å². The lowest BCUT2D eigenvalue weighted by Gasteiger charge is -2.35. The maximum absolute atomic E-state index is 8.70. The largest absolute Gasteiger partial charge is 0.395 e. The summed E-state index contributed by atoms with van der Waals surface area (Å²) < 4.78 is 0. The third-order valence-corrected chi connectivity index (χ3v) is 2.19. The molecule has 0 aromatic carbocycles. The molecule has 1 fully saturated rings. The van der Waals surface area contributed by atoms with Crippen LogP contribution in [0.1, 0.15) is 0 Å². The fraction of sp³-hybridized carbons (Fsp3) is 0.750. The summed E-state index contributed by atoms with van der Waals surface area (Å²) in [7, 11) is 0. The lowest BCUT2D eigenvalue weighted by atomic mass is 10.3. The second-order valence-corrected chi connectivity index (χ2v) is 3.04. The van der Waals surface area contributed by atoms with Crippen molar-refractivity contribution in [1.29, 1.82) is 0 Å². The van der Waals surface area contributed by atoms with Crippen LogP contribution in [-0.2, 0) is 0 Å². The van der Waals surface area contributed by atoms with E-state index in [1.807, 2.05) is 0 Å². The van der Waals surface area contributed by atoms with Crippen LogP contribution in [-0.4, -0.2) is 54.2 Å². The molecule has 1 heterocycles. The highest BCUT2D eigenvalue weighted by atomic mass is 16.3. The maximum atomic E-state index is 8.70. The van der Waals surface area contributed by atoms with Gasteiger partial charge in [0.2, 0.25) is 0 Å². The molecule has 4 heteroatoms. The van der Waals surface area contributed by atoms with Crippen LogP contribution in [0.2, 0.25) is 0 Å². The van der Waals surface area contributed by atoms with Gasteiger partial charge in [-0.1, -0.05) is 6.58 Å². The minimum Gasteiger partial charge on any atom is -0.395 e. The fourth-order valence-corrected chi connectivity index (χ4v) is 1.40. The van der Waals surface area contributed by atoms with E-state index in [2.05, 4.69) is 16.4 Å². The zero-order valence-electron chi connectivity index (χ0n) is 7.37. The standard InChI is InChI=1S/C8H17N3O/c1-8(9)11-4-2-10(3-5-11)6-7-12/h12H,1-7,9H2. The van der Waals surface area contributed by atoms with Crippen LogP contribution in [0.5, 0.6) is 0 Å². The first kappa shape index (κ1) is 9.35. The van der Waals surface area contributed by atoms with E-state index in [0.29, 0.717) is 5.82 Å². The predicted octanol–water partition coefficient (Wildman–Crippen LogP) is -0.974. The number of nitrogens with two attached hydrogens (primary N) is 1. The number of piperazine rings is 1. The molecular weight excluding hydrogens is 154 g/mol. The van der Waals surface area contributed by atoms with Crippen LogP contribution in [0.4, 0.5) is 0 Å². The minimum atomic E-state index is 0.240. The molecule has 0 saturated carbocycles. The first-order chi connectivity index (χ1) is 5.74. The first-order valence-corrected chi connectivity index (χ1v) is 4.26. The molecular formula is C8H17N3O. The molecule has 0 aromatic heterocycles. The van der Waals surface area contributed by atoms with Crippen LogP contribution in [0.3, 0.4) is 0 Å². The molecule has 0 amide bonds. The summed E-state index contributed by atoms with van der Waals surface area (Å²) in [5.41, 5.74) is 5.55. The number of β-amino-alcohol motifs (C(OH)–C–C–N with tert-alkyl or cyclic N) is 1. The third kappa shape index (κ3) is 2.39. The second-order valence-electron chi connectivity index (χ2n) is 3.04. The van der Waals surface area contributed by atoms with Crippen LogP contribution in [0.25, 0.3) is 0 Å². The number of nitrogens with zero attached hydrogens (tertiary/aromatic N) is 2. The molecule has 0 aromatic rings. The van der Waals surface area contributed by atoms with Gasteiger partial charge in [0.05, 0.1) is 12.4 Å². The summed E-state index contributed by atoms with van der Waals surface area (Å²) in [6, 6.07) is 0. The molecule has 0 spiro atoms. The topological polar surface area (TPSA) is 52.7 Å². The van der Waals surface area contributed by atoms with E-state index in [4.69, 9.17) is 10.8 Å². The molecule has 0 aliphatic carbocycles. The molecule has 1 aliphatic heterocycles. The lowest BCUT2D eigenvalue weighted by Crippen LogP contribution is -2.47. The summed E-state index contributed by atoms with van der Waals surface area (Å²) in [6.07, 6.45) is 0. The van der Waals surface area contributed by atoms with E-state index in [1.54, 1.807) is 0 Å². The van der Waals surface area contributed by atoms with E-state index in [9.17, 15) is 0 Å². The van der Waals surface area contributed by atoms with Crippen molar-refractivity contribution in [2.75, 3.05) is 39.3 Å². The normalized spacial score (nSPS) is 19.6. The van der Waals surface area contributed by atoms with E-state index >= 15 is 0 Å². The van der Waals surface area contributed by atoms with Crippen molar-refractivity contribution in [2.24, 2.45) is 5.73 Å².